The van der Waals surface area contributed by atoms with Gasteiger partial charge in [0.25, 0.3) is 5.69 Å². The molecule has 0 amide bonds. The normalized spacial score (nSPS) is 12.3. The number of hydrogen-bond donors (Lipinski definition) is 2. The van der Waals surface area contributed by atoms with Crippen LogP contribution in [0.2, 0.25) is 5.02 Å². The van der Waals surface area contributed by atoms with Gasteiger partial charge in [0, 0.05) is 18.4 Å². The van der Waals surface area contributed by atoms with Crippen LogP contribution in [-0.2, 0) is 9.84 Å². The minimum Gasteiger partial charge on any atom is -0.356 e. The Morgan fingerprint density at radius 2 is 1.85 bits per heavy atom. The van der Waals surface area contributed by atoms with Crippen molar-refractivity contribution >= 4 is 50.1 Å². The Morgan fingerprint density at radius 3 is 2.38 bits per heavy atom. The zero-order valence-corrected chi connectivity index (χ0v) is 16.3. The Hall–Kier alpha value is -2.23. The van der Waals surface area contributed by atoms with Crippen LogP contribution in [0, 0.1) is 10.1 Å². The second-order valence-electron chi connectivity index (χ2n) is 5.58. The average molecular weight is 414 g/mol. The molecule has 0 heterocycles. The number of nitrogens with zero attached hydrogens (tertiary/aromatic N) is 1. The standard InChI is InChI=1S/C16H16ClN3O4S2/c1-10(11-3-6-13(7-4-11)26(2,23)24)18-16(25)19-15-9-12(20(21)22)5-8-14(15)17/h3-10H,1-2H3,(H2,18,19,25)/t10-/m0/s1. The molecule has 0 bridgehead atoms. The van der Waals surface area contributed by atoms with E-state index < -0.39 is 14.8 Å². The molecule has 0 fully saturated rings. The molecule has 2 N–H and O–H groups in total. The van der Waals surface area contributed by atoms with Crippen LogP contribution in [0.3, 0.4) is 0 Å². The van der Waals surface area contributed by atoms with Crippen LogP contribution in [-0.4, -0.2) is 24.7 Å². The van der Waals surface area contributed by atoms with E-state index in [0.717, 1.165) is 11.8 Å². The Kier molecular flexibility index (Phi) is 6.17. The molecule has 0 radical (unpaired) electrons. The summed E-state index contributed by atoms with van der Waals surface area (Å²) in [5.74, 6) is 0. The monoisotopic (exact) mass is 413 g/mol. The first-order chi connectivity index (χ1) is 12.1. The highest BCUT2D eigenvalue weighted by Gasteiger charge is 2.13. The van der Waals surface area contributed by atoms with Gasteiger partial charge in [0.05, 0.1) is 26.6 Å². The van der Waals surface area contributed by atoms with E-state index in [2.05, 4.69) is 10.6 Å². The first kappa shape index (κ1) is 20.1. The van der Waals surface area contributed by atoms with Gasteiger partial charge in [-0.15, -0.1) is 0 Å². The van der Waals surface area contributed by atoms with Crippen molar-refractivity contribution < 1.29 is 13.3 Å². The van der Waals surface area contributed by atoms with E-state index in [4.69, 9.17) is 23.8 Å². The first-order valence-corrected chi connectivity index (χ1v) is 10.1. The number of hydrogen-bond acceptors (Lipinski definition) is 5. The molecule has 0 aliphatic heterocycles. The van der Waals surface area contributed by atoms with E-state index in [1.54, 1.807) is 12.1 Å². The maximum atomic E-state index is 11.5. The molecule has 0 saturated carbocycles. The fourth-order valence-corrected chi connectivity index (χ4v) is 3.25. The van der Waals surface area contributed by atoms with Gasteiger partial charge in [0.1, 0.15) is 0 Å². The molecular formula is C16H16ClN3O4S2. The molecule has 2 aromatic rings. The molecule has 0 aliphatic carbocycles. The predicted molar refractivity (Wildman–Crippen MR) is 105 cm³/mol. The Balaban J connectivity index is 2.08. The molecule has 0 aliphatic rings. The summed E-state index contributed by atoms with van der Waals surface area (Å²) in [5.41, 5.74) is 1.04. The highest BCUT2D eigenvalue weighted by Crippen LogP contribution is 2.27. The molecule has 2 rings (SSSR count). The lowest BCUT2D eigenvalue weighted by molar-refractivity contribution is -0.384. The van der Waals surface area contributed by atoms with Crippen molar-refractivity contribution in [2.24, 2.45) is 0 Å². The van der Waals surface area contributed by atoms with Crippen LogP contribution in [0.15, 0.2) is 47.4 Å². The topological polar surface area (TPSA) is 101 Å². The number of nitro groups is 1. The number of nitrogens with one attached hydrogen (secondary N) is 2. The second kappa shape index (κ2) is 7.98. The van der Waals surface area contributed by atoms with Gasteiger partial charge < -0.3 is 10.6 Å². The third-order valence-corrected chi connectivity index (χ3v) is 5.24. The third kappa shape index (κ3) is 5.13. The molecule has 1 atom stereocenters. The fourth-order valence-electron chi connectivity index (χ4n) is 2.16. The Morgan fingerprint density at radius 1 is 1.23 bits per heavy atom. The molecule has 7 nitrogen and oxygen atoms in total. The Bertz CT molecular complexity index is 946. The summed E-state index contributed by atoms with van der Waals surface area (Å²) < 4.78 is 23.0. The lowest BCUT2D eigenvalue weighted by Gasteiger charge is -2.18. The number of rotatable bonds is 5. The predicted octanol–water partition coefficient (Wildman–Crippen LogP) is 3.70. The van der Waals surface area contributed by atoms with Crippen LogP contribution < -0.4 is 10.6 Å². The van der Waals surface area contributed by atoms with Crippen LogP contribution >= 0.6 is 23.8 Å². The number of halogens is 1. The minimum absolute atomic E-state index is 0.107. The van der Waals surface area contributed by atoms with Gasteiger partial charge in [-0.05, 0) is 42.9 Å². The zero-order chi connectivity index (χ0) is 19.5. The highest BCUT2D eigenvalue weighted by atomic mass is 35.5. The number of anilines is 1. The van der Waals surface area contributed by atoms with E-state index in [1.165, 1.54) is 30.3 Å². The van der Waals surface area contributed by atoms with Crippen molar-refractivity contribution in [1.29, 1.82) is 0 Å². The Labute approximate surface area is 161 Å². The first-order valence-electron chi connectivity index (χ1n) is 7.39. The lowest BCUT2D eigenvalue weighted by Crippen LogP contribution is -2.31. The number of nitro benzene ring substituents is 1. The van der Waals surface area contributed by atoms with E-state index in [9.17, 15) is 18.5 Å². The number of sulfone groups is 1. The molecule has 0 unspecified atom stereocenters. The van der Waals surface area contributed by atoms with Gasteiger partial charge in [-0.25, -0.2) is 8.42 Å². The van der Waals surface area contributed by atoms with Crippen molar-refractivity contribution in [1.82, 2.24) is 5.32 Å². The van der Waals surface area contributed by atoms with Gasteiger partial charge in [-0.1, -0.05) is 23.7 Å². The number of thiocarbonyl (C=S) groups is 1. The van der Waals surface area contributed by atoms with E-state index in [-0.39, 0.29) is 21.7 Å². The van der Waals surface area contributed by atoms with Gasteiger partial charge in [-0.2, -0.15) is 0 Å². The molecule has 0 aromatic heterocycles. The van der Waals surface area contributed by atoms with Crippen LogP contribution in [0.1, 0.15) is 18.5 Å². The van der Waals surface area contributed by atoms with Crippen molar-refractivity contribution in [3.8, 4) is 0 Å². The van der Waals surface area contributed by atoms with E-state index >= 15 is 0 Å². The summed E-state index contributed by atoms with van der Waals surface area (Å²) >= 11 is 11.2. The van der Waals surface area contributed by atoms with Crippen LogP contribution in [0.4, 0.5) is 11.4 Å². The second-order valence-corrected chi connectivity index (χ2v) is 8.41. The van der Waals surface area contributed by atoms with Crippen LogP contribution in [0.5, 0.6) is 0 Å². The zero-order valence-electron chi connectivity index (χ0n) is 13.9. The maximum absolute atomic E-state index is 11.5. The van der Waals surface area contributed by atoms with Crippen LogP contribution in [0.25, 0.3) is 0 Å². The summed E-state index contributed by atoms with van der Waals surface area (Å²) in [5, 5.41) is 17.2. The number of benzene rings is 2. The molecule has 10 heteroatoms. The lowest BCUT2D eigenvalue weighted by atomic mass is 10.1. The van der Waals surface area contributed by atoms with Gasteiger partial charge in [-0.3, -0.25) is 10.1 Å². The molecule has 2 aromatic carbocycles. The molecule has 26 heavy (non-hydrogen) atoms. The average Bonchev–Trinajstić information content (AvgIpc) is 2.55. The van der Waals surface area contributed by atoms with Crippen molar-refractivity contribution in [3.05, 3.63) is 63.2 Å². The summed E-state index contributed by atoms with van der Waals surface area (Å²) in [6, 6.07) is 10.2. The SMILES string of the molecule is C[C@H](NC(=S)Nc1cc([N+](=O)[O-])ccc1Cl)c1ccc(S(C)(=O)=O)cc1. The van der Waals surface area contributed by atoms with Gasteiger partial charge in [0.2, 0.25) is 0 Å². The largest absolute Gasteiger partial charge is 0.356 e. The summed E-state index contributed by atoms with van der Waals surface area (Å²) in [6.07, 6.45) is 1.14. The summed E-state index contributed by atoms with van der Waals surface area (Å²) in [7, 11) is -3.25. The summed E-state index contributed by atoms with van der Waals surface area (Å²) in [6.45, 7) is 1.85. The number of non-ortho nitro benzene ring substituents is 1. The molecule has 0 saturated heterocycles. The minimum atomic E-state index is -3.25. The van der Waals surface area contributed by atoms with Gasteiger partial charge >= 0.3 is 0 Å². The van der Waals surface area contributed by atoms with Crippen molar-refractivity contribution in [2.75, 3.05) is 11.6 Å². The highest BCUT2D eigenvalue weighted by molar-refractivity contribution is 7.90. The quantitative estimate of drug-likeness (QED) is 0.437. The smallest absolute Gasteiger partial charge is 0.271 e. The van der Waals surface area contributed by atoms with E-state index in [1.807, 2.05) is 6.92 Å². The van der Waals surface area contributed by atoms with Gasteiger partial charge in [0.15, 0.2) is 14.9 Å². The molecule has 0 spiro atoms. The third-order valence-electron chi connectivity index (χ3n) is 3.56. The van der Waals surface area contributed by atoms with Crippen molar-refractivity contribution in [2.45, 2.75) is 17.9 Å². The fraction of sp³-hybridized carbons (Fsp3) is 0.188. The van der Waals surface area contributed by atoms with E-state index in [0.29, 0.717) is 10.7 Å². The maximum Gasteiger partial charge on any atom is 0.271 e. The molecular weight excluding hydrogens is 398 g/mol. The molecule has 138 valence electrons. The summed E-state index contributed by atoms with van der Waals surface area (Å²) in [4.78, 5) is 10.6. The van der Waals surface area contributed by atoms with Crippen molar-refractivity contribution in [3.63, 3.8) is 0 Å².